The Kier molecular flexibility index (Phi) is 4.68. The summed E-state index contributed by atoms with van der Waals surface area (Å²) in [6.45, 7) is 7.24. The van der Waals surface area contributed by atoms with Crippen molar-refractivity contribution in [2.45, 2.75) is 39.0 Å². The first-order valence-corrected chi connectivity index (χ1v) is 8.75. The Morgan fingerprint density at radius 2 is 2.30 bits per heavy atom. The average molecular weight is 334 g/mol. The maximum Gasteiger partial charge on any atom is 0.322 e. The van der Waals surface area contributed by atoms with Crippen LogP contribution < -0.4 is 5.32 Å². The highest BCUT2D eigenvalue weighted by atomic mass is 32.1. The molecule has 0 bridgehead atoms. The van der Waals surface area contributed by atoms with Crippen LogP contribution in [-0.2, 0) is 4.74 Å². The van der Waals surface area contributed by atoms with E-state index in [1.165, 1.54) is 0 Å². The Bertz CT molecular complexity index is 653. The summed E-state index contributed by atoms with van der Waals surface area (Å²) < 4.78 is 7.79. The van der Waals surface area contributed by atoms with Gasteiger partial charge in [-0.1, -0.05) is 0 Å². The van der Waals surface area contributed by atoms with Gasteiger partial charge in [0, 0.05) is 18.8 Å². The lowest BCUT2D eigenvalue weighted by atomic mass is 10.1. The summed E-state index contributed by atoms with van der Waals surface area (Å²) in [6.07, 6.45) is 3.48. The van der Waals surface area contributed by atoms with Crippen molar-refractivity contribution >= 4 is 23.1 Å². The highest BCUT2D eigenvalue weighted by molar-refractivity contribution is 7.07. The number of carbonyl (C=O) groups is 1. The van der Waals surface area contributed by atoms with Gasteiger partial charge in [0.2, 0.25) is 0 Å². The number of carbonyl (C=O) groups excluding carboxylic acids is 1. The van der Waals surface area contributed by atoms with Gasteiger partial charge in [0.15, 0.2) is 0 Å². The second-order valence-corrected chi connectivity index (χ2v) is 6.91. The number of amides is 2. The largest absolute Gasteiger partial charge is 0.367 e. The van der Waals surface area contributed by atoms with Gasteiger partial charge in [-0.3, -0.25) is 4.68 Å². The predicted octanol–water partition coefficient (Wildman–Crippen LogP) is 3.52. The van der Waals surface area contributed by atoms with E-state index in [1.807, 2.05) is 41.9 Å². The molecule has 2 amide bonds. The molecule has 2 aromatic heterocycles. The number of hydrogen-bond acceptors (Lipinski definition) is 4. The Labute approximate surface area is 140 Å². The summed E-state index contributed by atoms with van der Waals surface area (Å²) in [5.41, 5.74) is 1.85. The number of ether oxygens (including phenoxy) is 1. The monoisotopic (exact) mass is 334 g/mol. The number of nitrogens with one attached hydrogen (secondary N) is 1. The molecule has 1 aliphatic heterocycles. The van der Waals surface area contributed by atoms with Gasteiger partial charge in [0.25, 0.3) is 0 Å². The molecule has 0 radical (unpaired) electrons. The van der Waals surface area contributed by atoms with E-state index < -0.39 is 0 Å². The quantitative estimate of drug-likeness (QED) is 0.934. The number of anilines is 1. The Hall–Kier alpha value is -1.86. The van der Waals surface area contributed by atoms with Crippen LogP contribution in [0.15, 0.2) is 29.2 Å². The van der Waals surface area contributed by atoms with Crippen LogP contribution in [-0.4, -0.2) is 39.9 Å². The summed E-state index contributed by atoms with van der Waals surface area (Å²) in [4.78, 5) is 14.3. The van der Waals surface area contributed by atoms with Crippen LogP contribution in [0.2, 0.25) is 0 Å². The summed E-state index contributed by atoms with van der Waals surface area (Å²) in [7, 11) is 0. The molecule has 7 heteroatoms. The van der Waals surface area contributed by atoms with E-state index in [4.69, 9.17) is 4.74 Å². The first-order valence-electron chi connectivity index (χ1n) is 7.80. The van der Waals surface area contributed by atoms with Gasteiger partial charge in [-0.25, -0.2) is 4.79 Å². The zero-order valence-corrected chi connectivity index (χ0v) is 14.4. The smallest absolute Gasteiger partial charge is 0.322 e. The van der Waals surface area contributed by atoms with Crippen molar-refractivity contribution in [2.75, 3.05) is 18.4 Å². The Morgan fingerprint density at radius 3 is 2.96 bits per heavy atom. The molecule has 0 aliphatic carbocycles. The maximum absolute atomic E-state index is 12.5. The third kappa shape index (κ3) is 3.73. The van der Waals surface area contributed by atoms with Gasteiger partial charge in [0.05, 0.1) is 24.5 Å². The number of rotatable bonds is 3. The highest BCUT2D eigenvalue weighted by Crippen LogP contribution is 2.27. The van der Waals surface area contributed by atoms with Crippen LogP contribution in [0.1, 0.15) is 38.5 Å². The van der Waals surface area contributed by atoms with Crippen molar-refractivity contribution in [1.29, 1.82) is 0 Å². The molecule has 3 heterocycles. The lowest BCUT2D eigenvalue weighted by molar-refractivity contribution is -0.0640. The van der Waals surface area contributed by atoms with Gasteiger partial charge in [-0.2, -0.15) is 16.4 Å². The summed E-state index contributed by atoms with van der Waals surface area (Å²) >= 11 is 1.64. The SMILES string of the molecule is CC(C)n1cc(NC(=O)N2C[C@@H](C)O[C@@H](c3ccsc3)C2)cn1. The van der Waals surface area contributed by atoms with Crippen LogP contribution >= 0.6 is 11.3 Å². The molecule has 0 unspecified atom stereocenters. The number of nitrogens with zero attached hydrogens (tertiary/aromatic N) is 3. The van der Waals surface area contributed by atoms with Crippen molar-refractivity contribution in [3.05, 3.63) is 34.8 Å². The first kappa shape index (κ1) is 16.0. The van der Waals surface area contributed by atoms with Crippen molar-refractivity contribution < 1.29 is 9.53 Å². The van der Waals surface area contributed by atoms with Gasteiger partial charge < -0.3 is 15.0 Å². The fraction of sp³-hybridized carbons (Fsp3) is 0.500. The standard InChI is InChI=1S/C16H22N4O2S/c1-11(2)20-8-14(6-17-20)18-16(21)19-7-12(3)22-15(9-19)13-4-5-23-10-13/h4-6,8,10-12,15H,7,9H2,1-3H3,(H,18,21)/t12-,15-/m1/s1. The highest BCUT2D eigenvalue weighted by Gasteiger charge is 2.29. The van der Waals surface area contributed by atoms with E-state index in [2.05, 4.69) is 21.9 Å². The van der Waals surface area contributed by atoms with Crippen LogP contribution in [0.3, 0.4) is 0 Å². The molecule has 2 aromatic rings. The molecule has 0 saturated carbocycles. The minimum atomic E-state index is -0.108. The van der Waals surface area contributed by atoms with Crippen LogP contribution in [0.5, 0.6) is 0 Å². The van der Waals surface area contributed by atoms with Crippen LogP contribution in [0, 0.1) is 0 Å². The second kappa shape index (κ2) is 6.72. The van der Waals surface area contributed by atoms with Crippen LogP contribution in [0.4, 0.5) is 10.5 Å². The predicted molar refractivity (Wildman–Crippen MR) is 90.8 cm³/mol. The van der Waals surface area contributed by atoms with Gasteiger partial charge >= 0.3 is 6.03 Å². The van der Waals surface area contributed by atoms with Crippen molar-refractivity contribution in [3.63, 3.8) is 0 Å². The average Bonchev–Trinajstić information content (AvgIpc) is 3.18. The molecule has 1 fully saturated rings. The molecule has 1 saturated heterocycles. The van der Waals surface area contributed by atoms with Crippen molar-refractivity contribution in [1.82, 2.24) is 14.7 Å². The van der Waals surface area contributed by atoms with E-state index in [1.54, 1.807) is 17.5 Å². The lowest BCUT2D eigenvalue weighted by Crippen LogP contribution is -2.47. The van der Waals surface area contributed by atoms with E-state index >= 15 is 0 Å². The Morgan fingerprint density at radius 1 is 1.48 bits per heavy atom. The summed E-state index contributed by atoms with van der Waals surface area (Å²) in [5, 5.41) is 11.3. The molecule has 1 aliphatic rings. The third-order valence-corrected chi connectivity index (χ3v) is 4.55. The van der Waals surface area contributed by atoms with Gasteiger partial charge in [-0.05, 0) is 43.2 Å². The number of hydrogen-bond donors (Lipinski definition) is 1. The topological polar surface area (TPSA) is 59.4 Å². The van der Waals surface area contributed by atoms with E-state index in [0.717, 1.165) is 11.3 Å². The van der Waals surface area contributed by atoms with Crippen molar-refractivity contribution in [2.24, 2.45) is 0 Å². The number of morpholine rings is 1. The molecule has 23 heavy (non-hydrogen) atoms. The molecule has 6 nitrogen and oxygen atoms in total. The van der Waals surface area contributed by atoms with Crippen LogP contribution in [0.25, 0.3) is 0 Å². The molecule has 0 spiro atoms. The maximum atomic E-state index is 12.5. The summed E-state index contributed by atoms with van der Waals surface area (Å²) in [5.74, 6) is 0. The van der Waals surface area contributed by atoms with E-state index in [9.17, 15) is 4.79 Å². The molecular weight excluding hydrogens is 312 g/mol. The summed E-state index contributed by atoms with van der Waals surface area (Å²) in [6, 6.07) is 2.21. The number of urea groups is 1. The van der Waals surface area contributed by atoms with E-state index in [0.29, 0.717) is 13.1 Å². The number of aromatic nitrogens is 2. The molecule has 0 aromatic carbocycles. The minimum Gasteiger partial charge on any atom is -0.367 e. The van der Waals surface area contributed by atoms with Gasteiger partial charge in [-0.15, -0.1) is 0 Å². The first-order chi connectivity index (χ1) is 11.0. The third-order valence-electron chi connectivity index (χ3n) is 3.84. The molecule has 3 rings (SSSR count). The fourth-order valence-corrected chi connectivity index (χ4v) is 3.35. The van der Waals surface area contributed by atoms with Crippen molar-refractivity contribution in [3.8, 4) is 0 Å². The second-order valence-electron chi connectivity index (χ2n) is 6.13. The zero-order valence-electron chi connectivity index (χ0n) is 13.6. The fourth-order valence-electron chi connectivity index (χ4n) is 2.65. The number of thiophene rings is 1. The lowest BCUT2D eigenvalue weighted by Gasteiger charge is -2.36. The minimum absolute atomic E-state index is 0.0118. The normalized spacial score (nSPS) is 21.7. The molecule has 1 N–H and O–H groups in total. The molecule has 2 atom stereocenters. The molecular formula is C16H22N4O2S. The molecule has 124 valence electrons. The van der Waals surface area contributed by atoms with E-state index in [-0.39, 0.29) is 24.3 Å². The Balaban J connectivity index is 1.66. The van der Waals surface area contributed by atoms with Gasteiger partial charge in [0.1, 0.15) is 6.10 Å². The zero-order chi connectivity index (χ0) is 16.4.